The van der Waals surface area contributed by atoms with Crippen LogP contribution in [0.25, 0.3) is 5.41 Å². The monoisotopic (exact) mass is 311 g/mol. The third-order valence-corrected chi connectivity index (χ3v) is 3.00. The SMILES string of the molecule is CC[NH+](CC)CC.N#C/C(=C\C(=C=[N-])C(N)=S)C(N)=S. The summed E-state index contributed by atoms with van der Waals surface area (Å²) >= 11 is 9.10. The zero-order valence-corrected chi connectivity index (χ0v) is 13.7. The highest BCUT2D eigenvalue weighted by Crippen LogP contribution is 2.00. The highest BCUT2D eigenvalue weighted by molar-refractivity contribution is 7.81. The van der Waals surface area contributed by atoms with Crippen LogP contribution in [0.1, 0.15) is 20.8 Å². The molecule has 0 heterocycles. The van der Waals surface area contributed by atoms with Crippen molar-refractivity contribution >= 4 is 40.3 Å². The fraction of sp³-hybridized carbons (Fsp3) is 0.462. The Morgan fingerprint density at radius 3 is 1.75 bits per heavy atom. The molecular weight excluding hydrogens is 290 g/mol. The van der Waals surface area contributed by atoms with E-state index in [-0.39, 0.29) is 21.1 Å². The van der Waals surface area contributed by atoms with Gasteiger partial charge in [0.05, 0.1) is 25.2 Å². The van der Waals surface area contributed by atoms with E-state index in [4.69, 9.17) is 22.1 Å². The second-order valence-electron chi connectivity index (χ2n) is 3.73. The zero-order valence-electron chi connectivity index (χ0n) is 12.1. The molecule has 0 radical (unpaired) electrons. The molecule has 7 heteroatoms. The van der Waals surface area contributed by atoms with Crippen LogP contribution in [0.5, 0.6) is 0 Å². The van der Waals surface area contributed by atoms with E-state index in [0.717, 1.165) is 0 Å². The molecule has 0 atom stereocenters. The quantitative estimate of drug-likeness (QED) is 0.212. The number of thiocarbonyl (C=S) groups is 2. The van der Waals surface area contributed by atoms with Gasteiger partial charge in [-0.2, -0.15) is 5.26 Å². The van der Waals surface area contributed by atoms with Crippen molar-refractivity contribution in [3.63, 3.8) is 0 Å². The van der Waals surface area contributed by atoms with E-state index in [9.17, 15) is 0 Å². The first-order chi connectivity index (χ1) is 9.37. The van der Waals surface area contributed by atoms with Gasteiger partial charge < -0.3 is 21.8 Å². The molecule has 20 heavy (non-hydrogen) atoms. The summed E-state index contributed by atoms with van der Waals surface area (Å²) in [7, 11) is 0. The topological polar surface area (TPSA) is 103 Å². The predicted octanol–water partition coefficient (Wildman–Crippen LogP) is 0.105. The number of nitriles is 1. The van der Waals surface area contributed by atoms with Gasteiger partial charge in [-0.25, -0.2) is 0 Å². The van der Waals surface area contributed by atoms with Gasteiger partial charge in [0.25, 0.3) is 0 Å². The molecule has 110 valence electrons. The molecule has 5 N–H and O–H groups in total. The number of nitrogens with two attached hydrogens (primary N) is 2. The van der Waals surface area contributed by atoms with Gasteiger partial charge in [-0.1, -0.05) is 24.4 Å². The normalized spacial score (nSPS) is 9.85. The Hall–Kier alpha value is -1.58. The molecular formula is C13H21N5S2. The molecule has 0 saturated carbocycles. The van der Waals surface area contributed by atoms with Crippen molar-refractivity contribution < 1.29 is 4.90 Å². The van der Waals surface area contributed by atoms with E-state index < -0.39 is 0 Å². The lowest BCUT2D eigenvalue weighted by Gasteiger charge is -2.10. The zero-order chi connectivity index (χ0) is 16.1. The summed E-state index contributed by atoms with van der Waals surface area (Å²) in [5, 5.41) is 17.1. The average molecular weight is 311 g/mol. The Morgan fingerprint density at radius 1 is 1.15 bits per heavy atom. The van der Waals surface area contributed by atoms with E-state index in [1.54, 1.807) is 16.8 Å². The lowest BCUT2D eigenvalue weighted by molar-refractivity contribution is -0.894. The van der Waals surface area contributed by atoms with Crippen LogP contribution in [0, 0.1) is 11.3 Å². The smallest absolute Gasteiger partial charge is 0.114 e. The fourth-order valence-corrected chi connectivity index (χ4v) is 1.42. The molecule has 0 aromatic carbocycles. The lowest BCUT2D eigenvalue weighted by Crippen LogP contribution is -3.11. The molecule has 0 aromatic heterocycles. The molecule has 0 aliphatic carbocycles. The van der Waals surface area contributed by atoms with E-state index in [1.807, 2.05) is 0 Å². The summed E-state index contributed by atoms with van der Waals surface area (Å²) in [5.74, 6) is 1.73. The number of hydrogen-bond donors (Lipinski definition) is 3. The standard InChI is InChI=1S/C7H5N4S2.C6H15N/c8-2-4(6(10)12)1-5(3-9)7(11)13;1-4-7(5-2)6-3/h1H,(H2,10,12)(H2,11,13);4-6H2,1-3H3/q-1;/p+1/b4-1+;. The summed E-state index contributed by atoms with van der Waals surface area (Å²) in [6, 6.07) is 1.73. The molecule has 0 aliphatic heterocycles. The second-order valence-corrected chi connectivity index (χ2v) is 4.61. The van der Waals surface area contributed by atoms with E-state index in [1.165, 1.54) is 25.7 Å². The third kappa shape index (κ3) is 9.36. The number of hydrogen-bond acceptors (Lipinski definition) is 3. The fourth-order valence-electron chi connectivity index (χ4n) is 1.21. The first-order valence-electron chi connectivity index (χ1n) is 6.19. The summed E-state index contributed by atoms with van der Waals surface area (Å²) in [6.45, 7) is 10.5. The highest BCUT2D eigenvalue weighted by atomic mass is 32.1. The molecule has 0 amide bonds. The number of nitrogens with zero attached hydrogens (tertiary/aromatic N) is 2. The molecule has 0 bridgehead atoms. The summed E-state index contributed by atoms with van der Waals surface area (Å²) < 4.78 is 0. The molecule has 0 fully saturated rings. The van der Waals surface area contributed by atoms with Crippen molar-refractivity contribution in [3.8, 4) is 6.07 Å². The van der Waals surface area contributed by atoms with Crippen LogP contribution in [-0.2, 0) is 0 Å². The number of quaternary nitrogens is 1. The van der Waals surface area contributed by atoms with Crippen molar-refractivity contribution in [2.24, 2.45) is 11.5 Å². The minimum atomic E-state index is -0.0912. The van der Waals surface area contributed by atoms with Crippen molar-refractivity contribution in [2.75, 3.05) is 19.6 Å². The van der Waals surface area contributed by atoms with Crippen LogP contribution in [0.2, 0.25) is 0 Å². The Bertz CT molecular complexity index is 446. The molecule has 0 aromatic rings. The molecule has 5 nitrogen and oxygen atoms in total. The van der Waals surface area contributed by atoms with E-state index in [0.29, 0.717) is 0 Å². The van der Waals surface area contributed by atoms with Crippen molar-refractivity contribution in [3.05, 3.63) is 22.6 Å². The maximum Gasteiger partial charge on any atom is 0.114 e. The van der Waals surface area contributed by atoms with Gasteiger partial charge in [0.15, 0.2) is 0 Å². The van der Waals surface area contributed by atoms with Crippen LogP contribution in [0.15, 0.2) is 17.2 Å². The van der Waals surface area contributed by atoms with Crippen LogP contribution >= 0.6 is 24.4 Å². The Kier molecular flexibility index (Phi) is 12.9. The van der Waals surface area contributed by atoms with Gasteiger partial charge in [0.1, 0.15) is 16.0 Å². The second kappa shape index (κ2) is 12.5. The average Bonchev–Trinajstić information content (AvgIpc) is 2.42. The minimum Gasteiger partial charge on any atom is -0.763 e. The van der Waals surface area contributed by atoms with Crippen LogP contribution in [0.4, 0.5) is 0 Å². The van der Waals surface area contributed by atoms with Gasteiger partial charge in [-0.05, 0) is 26.8 Å². The van der Waals surface area contributed by atoms with E-state index >= 15 is 0 Å². The lowest BCUT2D eigenvalue weighted by atomic mass is 10.2. The maximum absolute atomic E-state index is 8.53. The molecule has 0 saturated heterocycles. The Morgan fingerprint density at radius 2 is 1.60 bits per heavy atom. The van der Waals surface area contributed by atoms with Gasteiger partial charge >= 0.3 is 0 Å². The first-order valence-corrected chi connectivity index (χ1v) is 7.01. The van der Waals surface area contributed by atoms with E-state index in [2.05, 4.69) is 45.2 Å². The molecule has 0 rings (SSSR count). The summed E-state index contributed by atoms with van der Waals surface area (Å²) in [5.41, 5.74) is 10.4. The molecule has 0 unspecified atom stereocenters. The number of nitrogens with one attached hydrogen (secondary N) is 1. The van der Waals surface area contributed by atoms with Crippen molar-refractivity contribution in [2.45, 2.75) is 20.8 Å². The van der Waals surface area contributed by atoms with Gasteiger partial charge in [-0.15, -0.1) is 0 Å². The molecule has 0 spiro atoms. The molecule has 0 aliphatic rings. The largest absolute Gasteiger partial charge is 0.763 e. The Balaban J connectivity index is 0. The minimum absolute atomic E-state index is 0.0133. The third-order valence-electron chi connectivity index (χ3n) is 2.56. The van der Waals surface area contributed by atoms with Crippen LogP contribution in [0.3, 0.4) is 0 Å². The van der Waals surface area contributed by atoms with Gasteiger partial charge in [0.2, 0.25) is 0 Å². The van der Waals surface area contributed by atoms with Crippen molar-refractivity contribution in [1.29, 1.82) is 5.26 Å². The summed E-state index contributed by atoms with van der Waals surface area (Å²) in [4.78, 5) is 1.50. The van der Waals surface area contributed by atoms with Crippen molar-refractivity contribution in [1.82, 2.24) is 0 Å². The van der Waals surface area contributed by atoms with Crippen LogP contribution in [-0.4, -0.2) is 35.5 Å². The van der Waals surface area contributed by atoms with Crippen LogP contribution < -0.4 is 16.4 Å². The Labute approximate surface area is 131 Å². The predicted molar refractivity (Wildman–Crippen MR) is 91.7 cm³/mol. The maximum atomic E-state index is 8.53. The van der Waals surface area contributed by atoms with Gasteiger partial charge in [-0.3, -0.25) is 5.87 Å². The number of rotatable bonds is 6. The first kappa shape index (κ1) is 20.7. The van der Waals surface area contributed by atoms with Gasteiger partial charge in [0, 0.05) is 5.57 Å². The summed E-state index contributed by atoms with van der Waals surface area (Å²) in [6.07, 6.45) is 1.17. The highest BCUT2D eigenvalue weighted by Gasteiger charge is 2.01.